The molecule has 0 aliphatic carbocycles. The van der Waals surface area contributed by atoms with Crippen LogP contribution in [0.25, 0.3) is 11.5 Å². The first-order valence-electron chi connectivity index (χ1n) is 7.22. The van der Waals surface area contributed by atoms with Gasteiger partial charge < -0.3 is 8.83 Å². The molecule has 0 bridgehead atoms. The van der Waals surface area contributed by atoms with Gasteiger partial charge in [-0.2, -0.15) is 5.10 Å². The number of nitro groups is 1. The van der Waals surface area contributed by atoms with Crippen LogP contribution in [-0.4, -0.2) is 22.4 Å². The molecular formula is C16H14N4O4S. The molecule has 8 nitrogen and oxygen atoms in total. The van der Waals surface area contributed by atoms with Gasteiger partial charge >= 0.3 is 5.88 Å². The van der Waals surface area contributed by atoms with Crippen LogP contribution in [0.5, 0.6) is 0 Å². The summed E-state index contributed by atoms with van der Waals surface area (Å²) in [4.78, 5) is 15.2. The van der Waals surface area contributed by atoms with Crippen LogP contribution in [0.3, 0.4) is 0 Å². The van der Waals surface area contributed by atoms with Crippen molar-refractivity contribution in [3.63, 3.8) is 0 Å². The van der Waals surface area contributed by atoms with E-state index in [0.717, 1.165) is 5.57 Å². The number of nitrogens with zero attached hydrogens (tertiary/aromatic N) is 4. The number of thiazole rings is 1. The zero-order valence-electron chi connectivity index (χ0n) is 13.3. The first kappa shape index (κ1) is 16.7. The Bertz CT molecular complexity index is 992. The number of hydrogen-bond acceptors (Lipinski definition) is 7. The molecule has 0 aliphatic heterocycles. The van der Waals surface area contributed by atoms with E-state index >= 15 is 0 Å². The van der Waals surface area contributed by atoms with Crippen molar-refractivity contribution in [2.75, 3.05) is 6.54 Å². The van der Waals surface area contributed by atoms with Crippen molar-refractivity contribution in [3.05, 3.63) is 68.7 Å². The highest BCUT2D eigenvalue weighted by Crippen LogP contribution is 2.21. The van der Waals surface area contributed by atoms with E-state index in [2.05, 4.69) is 16.7 Å². The fourth-order valence-corrected chi connectivity index (χ4v) is 2.76. The summed E-state index contributed by atoms with van der Waals surface area (Å²) in [6.45, 7) is 6.20. The number of aromatic nitrogens is 1. The molecule has 25 heavy (non-hydrogen) atoms. The summed E-state index contributed by atoms with van der Waals surface area (Å²) >= 11 is 1.40. The first-order valence-corrected chi connectivity index (χ1v) is 8.10. The highest BCUT2D eigenvalue weighted by molar-refractivity contribution is 7.07. The molecule has 0 fully saturated rings. The molecule has 0 N–H and O–H groups in total. The second-order valence-corrected chi connectivity index (χ2v) is 5.98. The maximum atomic E-state index is 10.7. The van der Waals surface area contributed by atoms with Gasteiger partial charge in [0.25, 0.3) is 0 Å². The summed E-state index contributed by atoms with van der Waals surface area (Å²) in [6.07, 6.45) is 2.97. The Morgan fingerprint density at radius 2 is 2.32 bits per heavy atom. The van der Waals surface area contributed by atoms with Gasteiger partial charge in [-0.1, -0.05) is 12.2 Å². The molecule has 9 heteroatoms. The highest BCUT2D eigenvalue weighted by atomic mass is 32.1. The molecule has 0 aliphatic rings. The van der Waals surface area contributed by atoms with Gasteiger partial charge in [0.2, 0.25) is 4.80 Å². The lowest BCUT2D eigenvalue weighted by molar-refractivity contribution is -0.402. The van der Waals surface area contributed by atoms with Crippen LogP contribution in [0.4, 0.5) is 5.88 Å². The first-order chi connectivity index (χ1) is 12.0. The smallest absolute Gasteiger partial charge is 0.433 e. The van der Waals surface area contributed by atoms with Crippen LogP contribution in [0.2, 0.25) is 0 Å². The third-order valence-electron chi connectivity index (χ3n) is 3.04. The van der Waals surface area contributed by atoms with Crippen molar-refractivity contribution >= 4 is 23.4 Å². The van der Waals surface area contributed by atoms with Gasteiger partial charge in [-0.3, -0.25) is 15.1 Å². The van der Waals surface area contributed by atoms with Crippen LogP contribution >= 0.6 is 11.3 Å². The minimum absolute atomic E-state index is 0.265. The number of hydrogen-bond donors (Lipinski definition) is 0. The molecule has 0 radical (unpaired) electrons. The van der Waals surface area contributed by atoms with Crippen LogP contribution in [0.15, 0.2) is 67.0 Å². The maximum Gasteiger partial charge on any atom is 0.433 e. The van der Waals surface area contributed by atoms with E-state index in [9.17, 15) is 10.1 Å². The summed E-state index contributed by atoms with van der Waals surface area (Å²) in [5.74, 6) is 0.562. The topological polar surface area (TPSA) is 99.1 Å². The zero-order valence-corrected chi connectivity index (χ0v) is 14.1. The van der Waals surface area contributed by atoms with E-state index in [-0.39, 0.29) is 11.6 Å². The SMILES string of the molecule is C=C(C)CN=c1scc(-c2ccco2)n1N=Cc1ccc([N+](=O)[O-])o1. The largest absolute Gasteiger partial charge is 0.463 e. The van der Waals surface area contributed by atoms with Crippen molar-refractivity contribution in [2.45, 2.75) is 6.92 Å². The molecule has 0 saturated carbocycles. The van der Waals surface area contributed by atoms with Gasteiger partial charge in [0.1, 0.15) is 10.6 Å². The van der Waals surface area contributed by atoms with Crippen molar-refractivity contribution in [1.29, 1.82) is 0 Å². The molecule has 3 aromatic rings. The lowest BCUT2D eigenvalue weighted by atomic mass is 10.4. The molecule has 3 rings (SSSR count). The predicted molar refractivity (Wildman–Crippen MR) is 93.6 cm³/mol. The fourth-order valence-electron chi connectivity index (χ4n) is 1.94. The van der Waals surface area contributed by atoms with Crippen LogP contribution in [-0.2, 0) is 0 Å². The molecule has 3 heterocycles. The monoisotopic (exact) mass is 358 g/mol. The molecule has 0 spiro atoms. The van der Waals surface area contributed by atoms with E-state index in [4.69, 9.17) is 8.83 Å². The second-order valence-electron chi connectivity index (χ2n) is 5.14. The molecule has 128 valence electrons. The van der Waals surface area contributed by atoms with E-state index in [1.807, 2.05) is 18.4 Å². The summed E-state index contributed by atoms with van der Waals surface area (Å²) in [6, 6.07) is 6.35. The Hall–Kier alpha value is -3.20. The summed E-state index contributed by atoms with van der Waals surface area (Å²) < 4.78 is 12.1. The van der Waals surface area contributed by atoms with Crippen molar-refractivity contribution < 1.29 is 13.8 Å². The molecule has 0 amide bonds. The molecule has 0 unspecified atom stereocenters. The fraction of sp³-hybridized carbons (Fsp3) is 0.125. The van der Waals surface area contributed by atoms with Gasteiger partial charge in [-0.25, -0.2) is 4.68 Å². The minimum atomic E-state index is -0.600. The van der Waals surface area contributed by atoms with E-state index in [1.165, 1.54) is 29.7 Å². The molecule has 0 saturated heterocycles. The van der Waals surface area contributed by atoms with Crippen molar-refractivity contribution in [2.24, 2.45) is 10.1 Å². The van der Waals surface area contributed by atoms with Crippen molar-refractivity contribution in [1.82, 2.24) is 4.68 Å². The third kappa shape index (κ3) is 3.83. The predicted octanol–water partition coefficient (Wildman–Crippen LogP) is 3.67. The Labute approximate surface area is 146 Å². The third-order valence-corrected chi connectivity index (χ3v) is 3.89. The minimum Gasteiger partial charge on any atom is -0.463 e. The van der Waals surface area contributed by atoms with E-state index in [1.54, 1.807) is 17.0 Å². The lowest BCUT2D eigenvalue weighted by Crippen LogP contribution is -2.12. The van der Waals surface area contributed by atoms with E-state index < -0.39 is 4.92 Å². The maximum absolute atomic E-state index is 10.7. The standard InChI is InChI=1S/C16H14N4O4S/c1-11(2)8-17-16-19(13(10-25-16)14-4-3-7-23-14)18-9-12-5-6-15(24-12)20(21)22/h3-7,9-10H,1,8H2,2H3. The molecule has 0 aromatic carbocycles. The quantitative estimate of drug-likeness (QED) is 0.290. The summed E-state index contributed by atoms with van der Waals surface area (Å²) in [5, 5.41) is 16.9. The average Bonchev–Trinajstić information content (AvgIpc) is 3.30. The summed E-state index contributed by atoms with van der Waals surface area (Å²) in [7, 11) is 0. The lowest BCUT2D eigenvalue weighted by Gasteiger charge is -1.99. The second kappa shape index (κ2) is 7.14. The van der Waals surface area contributed by atoms with E-state index in [0.29, 0.717) is 22.8 Å². The molecular weight excluding hydrogens is 344 g/mol. The van der Waals surface area contributed by atoms with Crippen LogP contribution in [0.1, 0.15) is 12.7 Å². The van der Waals surface area contributed by atoms with Crippen LogP contribution < -0.4 is 4.80 Å². The van der Waals surface area contributed by atoms with Crippen molar-refractivity contribution in [3.8, 4) is 11.5 Å². The van der Waals surface area contributed by atoms with Crippen LogP contribution in [0, 0.1) is 10.1 Å². The average molecular weight is 358 g/mol. The molecule has 0 atom stereocenters. The van der Waals surface area contributed by atoms with Gasteiger partial charge in [0.15, 0.2) is 11.5 Å². The van der Waals surface area contributed by atoms with Gasteiger partial charge in [-0.05, 0) is 25.1 Å². The van der Waals surface area contributed by atoms with Gasteiger partial charge in [-0.15, -0.1) is 11.3 Å². The number of rotatable bonds is 6. The Morgan fingerprint density at radius 1 is 1.48 bits per heavy atom. The Morgan fingerprint density at radius 3 is 2.96 bits per heavy atom. The van der Waals surface area contributed by atoms with Gasteiger partial charge in [0, 0.05) is 5.38 Å². The van der Waals surface area contributed by atoms with Gasteiger partial charge in [0.05, 0.1) is 25.1 Å². The molecule has 3 aromatic heterocycles. The normalized spacial score (nSPS) is 12.1. The highest BCUT2D eigenvalue weighted by Gasteiger charge is 2.12. The number of furan rings is 2. The zero-order chi connectivity index (χ0) is 17.8. The Balaban J connectivity index is 2.01. The Kier molecular flexibility index (Phi) is 4.75. The summed E-state index contributed by atoms with van der Waals surface area (Å²) in [5.41, 5.74) is 1.64.